The SMILES string of the molecule is N#C[C@@H](c1ccc(F)cc1)c1ccccn1. The molecule has 1 aromatic carbocycles. The summed E-state index contributed by atoms with van der Waals surface area (Å²) in [7, 11) is 0. The zero-order valence-electron chi connectivity index (χ0n) is 8.47. The van der Waals surface area contributed by atoms with Gasteiger partial charge in [0.1, 0.15) is 11.7 Å². The highest BCUT2D eigenvalue weighted by Gasteiger charge is 2.13. The van der Waals surface area contributed by atoms with E-state index in [1.165, 1.54) is 12.1 Å². The maximum Gasteiger partial charge on any atom is 0.123 e. The second-order valence-electron chi connectivity index (χ2n) is 3.37. The van der Waals surface area contributed by atoms with Crippen LogP contribution < -0.4 is 0 Å². The Hall–Kier alpha value is -2.21. The molecule has 2 nitrogen and oxygen atoms in total. The van der Waals surface area contributed by atoms with E-state index in [1.807, 2.05) is 6.07 Å². The molecule has 0 aliphatic rings. The van der Waals surface area contributed by atoms with Crippen LogP contribution in [0, 0.1) is 17.1 Å². The van der Waals surface area contributed by atoms with Gasteiger partial charge in [-0.15, -0.1) is 0 Å². The predicted octanol–water partition coefficient (Wildman–Crippen LogP) is 2.88. The van der Waals surface area contributed by atoms with Crippen molar-refractivity contribution < 1.29 is 4.39 Å². The number of benzene rings is 1. The molecule has 2 aromatic rings. The highest BCUT2D eigenvalue weighted by atomic mass is 19.1. The molecular formula is C13H9FN2. The van der Waals surface area contributed by atoms with Crippen LogP contribution in [0.5, 0.6) is 0 Å². The molecule has 16 heavy (non-hydrogen) atoms. The number of nitriles is 1. The van der Waals surface area contributed by atoms with Gasteiger partial charge in [0.2, 0.25) is 0 Å². The third-order valence-electron chi connectivity index (χ3n) is 2.32. The number of hydrogen-bond donors (Lipinski definition) is 0. The van der Waals surface area contributed by atoms with Crippen molar-refractivity contribution in [2.75, 3.05) is 0 Å². The summed E-state index contributed by atoms with van der Waals surface area (Å²) in [5, 5.41) is 9.12. The first-order valence-corrected chi connectivity index (χ1v) is 4.87. The molecule has 2 rings (SSSR count). The van der Waals surface area contributed by atoms with Crippen molar-refractivity contribution in [1.29, 1.82) is 5.26 Å². The van der Waals surface area contributed by atoms with Gasteiger partial charge in [-0.05, 0) is 29.8 Å². The number of halogens is 1. The van der Waals surface area contributed by atoms with Crippen LogP contribution in [-0.2, 0) is 0 Å². The van der Waals surface area contributed by atoms with Gasteiger partial charge < -0.3 is 0 Å². The van der Waals surface area contributed by atoms with E-state index >= 15 is 0 Å². The molecule has 0 spiro atoms. The lowest BCUT2D eigenvalue weighted by Gasteiger charge is -2.08. The molecule has 1 atom stereocenters. The van der Waals surface area contributed by atoms with Gasteiger partial charge in [-0.1, -0.05) is 18.2 Å². The van der Waals surface area contributed by atoms with E-state index in [0.717, 1.165) is 5.56 Å². The Bertz CT molecular complexity index is 500. The fraction of sp³-hybridized carbons (Fsp3) is 0.0769. The average molecular weight is 212 g/mol. The molecule has 0 aliphatic carbocycles. The summed E-state index contributed by atoms with van der Waals surface area (Å²) in [6.45, 7) is 0. The van der Waals surface area contributed by atoms with Crippen molar-refractivity contribution >= 4 is 0 Å². The second kappa shape index (κ2) is 4.54. The number of pyridine rings is 1. The van der Waals surface area contributed by atoms with Crippen molar-refractivity contribution in [1.82, 2.24) is 4.98 Å². The zero-order chi connectivity index (χ0) is 11.4. The van der Waals surface area contributed by atoms with E-state index in [9.17, 15) is 4.39 Å². The lowest BCUT2D eigenvalue weighted by Crippen LogP contribution is -2.00. The molecule has 0 N–H and O–H groups in total. The largest absolute Gasteiger partial charge is 0.260 e. The summed E-state index contributed by atoms with van der Waals surface area (Å²) >= 11 is 0. The molecule has 0 saturated carbocycles. The molecule has 0 radical (unpaired) electrons. The molecule has 1 aromatic heterocycles. The quantitative estimate of drug-likeness (QED) is 0.767. The van der Waals surface area contributed by atoms with Crippen LogP contribution in [0.25, 0.3) is 0 Å². The van der Waals surface area contributed by atoms with Crippen molar-refractivity contribution in [3.05, 3.63) is 65.7 Å². The normalized spacial score (nSPS) is 11.8. The third kappa shape index (κ3) is 2.06. The van der Waals surface area contributed by atoms with Gasteiger partial charge in [0.25, 0.3) is 0 Å². The smallest absolute Gasteiger partial charge is 0.123 e. The van der Waals surface area contributed by atoms with Crippen LogP contribution in [0.15, 0.2) is 48.7 Å². The van der Waals surface area contributed by atoms with Crippen LogP contribution in [0.2, 0.25) is 0 Å². The maximum atomic E-state index is 12.8. The zero-order valence-corrected chi connectivity index (χ0v) is 8.47. The topological polar surface area (TPSA) is 36.7 Å². The fourth-order valence-electron chi connectivity index (χ4n) is 1.51. The summed E-state index contributed by atoms with van der Waals surface area (Å²) in [4.78, 5) is 4.13. The molecule has 1 heterocycles. The fourth-order valence-corrected chi connectivity index (χ4v) is 1.51. The van der Waals surface area contributed by atoms with Gasteiger partial charge in [0.15, 0.2) is 0 Å². The standard InChI is InChI=1S/C13H9FN2/c14-11-6-4-10(5-7-11)12(9-15)13-3-1-2-8-16-13/h1-8,12H/t12-/m0/s1. The number of nitrogens with zero attached hydrogens (tertiary/aromatic N) is 2. The van der Waals surface area contributed by atoms with Crippen molar-refractivity contribution in [2.24, 2.45) is 0 Å². The Morgan fingerprint density at radius 3 is 2.44 bits per heavy atom. The number of hydrogen-bond acceptors (Lipinski definition) is 2. The first kappa shape index (κ1) is 10.3. The molecule has 78 valence electrons. The Labute approximate surface area is 93.0 Å². The second-order valence-corrected chi connectivity index (χ2v) is 3.37. The minimum Gasteiger partial charge on any atom is -0.260 e. The van der Waals surface area contributed by atoms with E-state index in [4.69, 9.17) is 5.26 Å². The van der Waals surface area contributed by atoms with Gasteiger partial charge in [-0.2, -0.15) is 5.26 Å². The number of aromatic nitrogens is 1. The molecule has 0 fully saturated rings. The first-order valence-electron chi connectivity index (χ1n) is 4.87. The average Bonchev–Trinajstić information content (AvgIpc) is 2.34. The summed E-state index contributed by atoms with van der Waals surface area (Å²) in [5.41, 5.74) is 1.43. The van der Waals surface area contributed by atoms with Crippen molar-refractivity contribution in [3.8, 4) is 6.07 Å². The van der Waals surface area contributed by atoms with Gasteiger partial charge in [-0.25, -0.2) is 4.39 Å². The molecule has 0 bridgehead atoms. The van der Waals surface area contributed by atoms with Crippen LogP contribution >= 0.6 is 0 Å². The Morgan fingerprint density at radius 1 is 1.12 bits per heavy atom. The van der Waals surface area contributed by atoms with E-state index < -0.39 is 5.92 Å². The molecule has 0 aliphatic heterocycles. The van der Waals surface area contributed by atoms with E-state index in [0.29, 0.717) is 5.69 Å². The van der Waals surface area contributed by atoms with Gasteiger partial charge in [0, 0.05) is 6.20 Å². The Morgan fingerprint density at radius 2 is 1.88 bits per heavy atom. The Kier molecular flexibility index (Phi) is 2.93. The van der Waals surface area contributed by atoms with E-state index in [1.54, 1.807) is 30.5 Å². The van der Waals surface area contributed by atoms with Gasteiger partial charge in [0.05, 0.1) is 11.8 Å². The summed E-state index contributed by atoms with van der Waals surface area (Å²) in [5.74, 6) is -0.747. The van der Waals surface area contributed by atoms with Crippen LogP contribution in [0.3, 0.4) is 0 Å². The van der Waals surface area contributed by atoms with E-state index in [2.05, 4.69) is 11.1 Å². The lowest BCUT2D eigenvalue weighted by molar-refractivity contribution is 0.627. The number of rotatable bonds is 2. The monoisotopic (exact) mass is 212 g/mol. The molecule has 0 amide bonds. The van der Waals surface area contributed by atoms with Crippen LogP contribution in [0.4, 0.5) is 4.39 Å². The minimum atomic E-state index is -0.443. The summed E-state index contributed by atoms with van der Waals surface area (Å²) in [6.07, 6.45) is 1.64. The molecule has 0 unspecified atom stereocenters. The predicted molar refractivity (Wildman–Crippen MR) is 58.1 cm³/mol. The highest BCUT2D eigenvalue weighted by Crippen LogP contribution is 2.21. The minimum absolute atomic E-state index is 0.304. The van der Waals surface area contributed by atoms with E-state index in [-0.39, 0.29) is 5.82 Å². The van der Waals surface area contributed by atoms with Gasteiger partial charge in [-0.3, -0.25) is 4.98 Å². The lowest BCUT2D eigenvalue weighted by atomic mass is 9.97. The third-order valence-corrected chi connectivity index (χ3v) is 2.32. The molecule has 0 saturated heterocycles. The Balaban J connectivity index is 2.38. The van der Waals surface area contributed by atoms with Gasteiger partial charge >= 0.3 is 0 Å². The first-order chi connectivity index (χ1) is 7.81. The molecular weight excluding hydrogens is 203 g/mol. The highest BCUT2D eigenvalue weighted by molar-refractivity contribution is 5.34. The summed E-state index contributed by atoms with van der Waals surface area (Å²) in [6, 6.07) is 13.5. The van der Waals surface area contributed by atoms with Crippen LogP contribution in [0.1, 0.15) is 17.2 Å². The van der Waals surface area contributed by atoms with Crippen molar-refractivity contribution in [2.45, 2.75) is 5.92 Å². The maximum absolute atomic E-state index is 12.8. The van der Waals surface area contributed by atoms with Crippen molar-refractivity contribution in [3.63, 3.8) is 0 Å². The summed E-state index contributed by atoms with van der Waals surface area (Å²) < 4.78 is 12.8. The molecule has 3 heteroatoms. The van der Waals surface area contributed by atoms with Crippen LogP contribution in [-0.4, -0.2) is 4.98 Å².